The molecule has 0 unspecified atom stereocenters. The zero-order valence-corrected chi connectivity index (χ0v) is 21.9. The quantitative estimate of drug-likeness (QED) is 0.247. The monoisotopic (exact) mass is 530 g/mol. The van der Waals surface area contributed by atoms with Crippen LogP contribution in [-0.2, 0) is 30.8 Å². The van der Waals surface area contributed by atoms with Gasteiger partial charge >= 0.3 is 0 Å². The predicted molar refractivity (Wildman–Crippen MR) is 143 cm³/mol. The minimum absolute atomic E-state index is 0.00433. The molecule has 0 aliphatic carbocycles. The Morgan fingerprint density at radius 3 is 2.44 bits per heavy atom. The molecule has 1 atom stereocenters. The van der Waals surface area contributed by atoms with Crippen LogP contribution in [0.3, 0.4) is 0 Å². The molecule has 0 saturated carbocycles. The summed E-state index contributed by atoms with van der Waals surface area (Å²) in [5, 5.41) is 36.9. The Labute approximate surface area is 221 Å². The van der Waals surface area contributed by atoms with Crippen molar-refractivity contribution < 1.29 is 20.1 Å². The largest absolute Gasteiger partial charge is 0.508 e. The molecule has 3 rings (SSSR count). The van der Waals surface area contributed by atoms with Crippen LogP contribution in [0, 0.1) is 0 Å². The molecule has 8 heteroatoms. The van der Waals surface area contributed by atoms with Crippen molar-refractivity contribution >= 4 is 29.1 Å². The van der Waals surface area contributed by atoms with E-state index in [0.717, 1.165) is 16.7 Å². The van der Waals surface area contributed by atoms with E-state index in [4.69, 9.17) is 23.2 Å². The van der Waals surface area contributed by atoms with Gasteiger partial charge in [-0.1, -0.05) is 59.6 Å². The minimum atomic E-state index is -0.791. The van der Waals surface area contributed by atoms with E-state index in [-0.39, 0.29) is 30.2 Å². The molecule has 0 spiro atoms. The molecule has 0 aromatic heterocycles. The molecule has 6 nitrogen and oxygen atoms in total. The Morgan fingerprint density at radius 2 is 1.72 bits per heavy atom. The molecule has 192 valence electrons. The van der Waals surface area contributed by atoms with Crippen LogP contribution in [0.25, 0.3) is 0 Å². The fourth-order valence-electron chi connectivity index (χ4n) is 3.95. The van der Waals surface area contributed by atoms with Gasteiger partial charge in [0.2, 0.25) is 5.91 Å². The molecule has 0 bridgehead atoms. The van der Waals surface area contributed by atoms with E-state index in [0.29, 0.717) is 40.7 Å². The zero-order valence-electron chi connectivity index (χ0n) is 20.4. The number of amides is 1. The topological polar surface area (TPSA) is 102 Å². The normalized spacial score (nSPS) is 12.4. The maximum absolute atomic E-state index is 12.5. The van der Waals surface area contributed by atoms with Crippen molar-refractivity contribution in [1.82, 2.24) is 10.6 Å². The second kappa shape index (κ2) is 12.6. The van der Waals surface area contributed by atoms with Gasteiger partial charge in [-0.2, -0.15) is 0 Å². The zero-order chi connectivity index (χ0) is 26.3. The molecule has 5 N–H and O–H groups in total. The third-order valence-corrected chi connectivity index (χ3v) is 6.65. The first kappa shape index (κ1) is 28.0. The first-order valence-electron chi connectivity index (χ1n) is 11.7. The summed E-state index contributed by atoms with van der Waals surface area (Å²) in [5.74, 6) is -0.0837. The number of aromatic hydroxyl groups is 1. The number of nitrogens with one attached hydrogen (secondary N) is 2. The van der Waals surface area contributed by atoms with Crippen LogP contribution >= 0.6 is 23.2 Å². The fraction of sp³-hybridized carbons (Fsp3) is 0.321. The summed E-state index contributed by atoms with van der Waals surface area (Å²) < 4.78 is 0. The fourth-order valence-corrected chi connectivity index (χ4v) is 4.27. The number of rotatable bonds is 11. The third kappa shape index (κ3) is 8.22. The van der Waals surface area contributed by atoms with E-state index in [1.807, 2.05) is 44.2 Å². The molecular weight excluding hydrogens is 499 g/mol. The highest BCUT2D eigenvalue weighted by Gasteiger charge is 2.20. The lowest BCUT2D eigenvalue weighted by Gasteiger charge is -2.28. The Balaban J connectivity index is 1.53. The number of aliphatic hydroxyl groups is 2. The molecule has 0 aliphatic heterocycles. The van der Waals surface area contributed by atoms with Gasteiger partial charge in [0.15, 0.2) is 0 Å². The second-order valence-corrected chi connectivity index (χ2v) is 10.3. The predicted octanol–water partition coefficient (Wildman–Crippen LogP) is 4.69. The number of hydrogen-bond donors (Lipinski definition) is 5. The summed E-state index contributed by atoms with van der Waals surface area (Å²) in [4.78, 5) is 12.5. The van der Waals surface area contributed by atoms with Gasteiger partial charge in [-0.05, 0) is 66.8 Å². The highest BCUT2D eigenvalue weighted by molar-refractivity contribution is 6.42. The molecule has 1 amide bonds. The van der Waals surface area contributed by atoms with Gasteiger partial charge in [0.05, 0.1) is 29.2 Å². The average molecular weight is 531 g/mol. The molecule has 0 aliphatic rings. The minimum Gasteiger partial charge on any atom is -0.508 e. The van der Waals surface area contributed by atoms with Gasteiger partial charge in [-0.25, -0.2) is 0 Å². The smallest absolute Gasteiger partial charge is 0.224 e. The van der Waals surface area contributed by atoms with Crippen LogP contribution in [0.5, 0.6) is 5.75 Å². The summed E-state index contributed by atoms with van der Waals surface area (Å²) in [5.41, 5.74) is 3.53. The maximum Gasteiger partial charge on any atom is 0.224 e. The van der Waals surface area contributed by atoms with Crippen molar-refractivity contribution in [2.24, 2.45) is 0 Å². The average Bonchev–Trinajstić information content (AvgIpc) is 2.83. The summed E-state index contributed by atoms with van der Waals surface area (Å²) in [6.45, 7) is 4.47. The van der Waals surface area contributed by atoms with Crippen molar-refractivity contribution in [2.45, 2.75) is 51.5 Å². The van der Waals surface area contributed by atoms with Crippen molar-refractivity contribution in [3.8, 4) is 5.75 Å². The van der Waals surface area contributed by atoms with Gasteiger partial charge in [0.25, 0.3) is 0 Å². The molecule has 36 heavy (non-hydrogen) atoms. The van der Waals surface area contributed by atoms with Crippen LogP contribution in [0.1, 0.15) is 47.8 Å². The second-order valence-electron chi connectivity index (χ2n) is 9.53. The number of hydrogen-bond acceptors (Lipinski definition) is 5. The van der Waals surface area contributed by atoms with Crippen LogP contribution < -0.4 is 10.6 Å². The molecule has 3 aromatic carbocycles. The van der Waals surface area contributed by atoms with Crippen molar-refractivity contribution in [2.75, 3.05) is 6.54 Å². The van der Waals surface area contributed by atoms with Crippen LogP contribution in [0.15, 0.2) is 60.7 Å². The van der Waals surface area contributed by atoms with Gasteiger partial charge in [0.1, 0.15) is 5.75 Å². The first-order chi connectivity index (χ1) is 17.1. The number of aliphatic hydroxyl groups excluding tert-OH is 2. The van der Waals surface area contributed by atoms with E-state index in [1.54, 1.807) is 24.3 Å². The lowest BCUT2D eigenvalue weighted by Crippen LogP contribution is -2.43. The van der Waals surface area contributed by atoms with E-state index in [9.17, 15) is 20.1 Å². The third-order valence-electron chi connectivity index (χ3n) is 5.91. The van der Waals surface area contributed by atoms with Gasteiger partial charge in [-0.3, -0.25) is 4.79 Å². The van der Waals surface area contributed by atoms with E-state index >= 15 is 0 Å². The molecule has 3 aromatic rings. The number of benzene rings is 3. The number of carbonyl (C=O) groups excluding carboxylic acids is 1. The Kier molecular flexibility index (Phi) is 9.77. The molecule has 0 saturated heterocycles. The number of carbonyl (C=O) groups is 1. The highest BCUT2D eigenvalue weighted by Crippen LogP contribution is 2.24. The SMILES string of the molecule is CC(C)(Cc1cccc(CC(=O)NCc2ccc(Cl)c(Cl)c2)c1)NC[C@@H](O)c1ccc(O)c(CO)c1. The number of phenols is 1. The Morgan fingerprint density at radius 1 is 0.972 bits per heavy atom. The van der Waals surface area contributed by atoms with E-state index in [1.165, 1.54) is 6.07 Å². The van der Waals surface area contributed by atoms with Crippen LogP contribution in [0.4, 0.5) is 0 Å². The van der Waals surface area contributed by atoms with E-state index in [2.05, 4.69) is 10.6 Å². The Bertz CT molecular complexity index is 1200. The van der Waals surface area contributed by atoms with Crippen molar-refractivity contribution in [3.05, 3.63) is 98.5 Å². The summed E-state index contributed by atoms with van der Waals surface area (Å²) in [7, 11) is 0. The molecule has 0 heterocycles. The molecule has 0 radical (unpaired) electrons. The van der Waals surface area contributed by atoms with Crippen molar-refractivity contribution in [3.63, 3.8) is 0 Å². The number of β-amino-alcohol motifs (C(OH)–C–C–N with tert-alkyl or cyclic N) is 1. The summed E-state index contributed by atoms with van der Waals surface area (Å²) in [6, 6.07) is 17.9. The van der Waals surface area contributed by atoms with Crippen LogP contribution in [-0.4, -0.2) is 33.3 Å². The van der Waals surface area contributed by atoms with E-state index < -0.39 is 6.10 Å². The van der Waals surface area contributed by atoms with Crippen molar-refractivity contribution in [1.29, 1.82) is 0 Å². The van der Waals surface area contributed by atoms with Crippen LogP contribution in [0.2, 0.25) is 10.0 Å². The standard InChI is InChI=1S/C28H32Cl2N2O4/c1-28(2,32-16-26(35)21-7-9-25(34)22(13-21)17-33)14-19-5-3-4-18(10-19)12-27(36)31-15-20-6-8-23(29)24(30)11-20/h3-11,13,26,32-35H,12,14-17H2,1-2H3,(H,31,36)/t26-/m1/s1. The molecule has 0 fully saturated rings. The summed E-state index contributed by atoms with van der Waals surface area (Å²) in [6.07, 6.45) is 0.159. The highest BCUT2D eigenvalue weighted by atomic mass is 35.5. The lowest BCUT2D eigenvalue weighted by atomic mass is 9.93. The van der Waals surface area contributed by atoms with Gasteiger partial charge < -0.3 is 26.0 Å². The first-order valence-corrected chi connectivity index (χ1v) is 12.5. The molecular formula is C28H32Cl2N2O4. The number of halogens is 2. The van der Waals surface area contributed by atoms with Gasteiger partial charge in [-0.15, -0.1) is 0 Å². The summed E-state index contributed by atoms with van der Waals surface area (Å²) >= 11 is 12.0. The lowest BCUT2D eigenvalue weighted by molar-refractivity contribution is -0.120. The Hall–Kier alpha value is -2.61. The maximum atomic E-state index is 12.5. The van der Waals surface area contributed by atoms with Gasteiger partial charge in [0, 0.05) is 24.2 Å².